The number of nitrogens with one attached hydrogen (secondary N) is 1. The summed E-state index contributed by atoms with van der Waals surface area (Å²) in [5.41, 5.74) is 2.29. The fraction of sp³-hybridized carbons (Fsp3) is 0.667. The zero-order valence-electron chi connectivity index (χ0n) is 10.7. The van der Waals surface area contributed by atoms with Crippen molar-refractivity contribution in [1.82, 2.24) is 15.1 Å². The van der Waals surface area contributed by atoms with Crippen molar-refractivity contribution in [2.24, 2.45) is 7.05 Å². The van der Waals surface area contributed by atoms with E-state index < -0.39 is 12.1 Å². The first-order valence-electron chi connectivity index (χ1n) is 6.14. The Labute approximate surface area is 106 Å². The van der Waals surface area contributed by atoms with Crippen LogP contribution in [0.25, 0.3) is 0 Å². The topological polar surface area (TPSA) is 76.4 Å². The zero-order chi connectivity index (χ0) is 13.1. The van der Waals surface area contributed by atoms with Crippen LogP contribution < -0.4 is 5.32 Å². The molecule has 0 saturated carbocycles. The van der Waals surface area contributed by atoms with Gasteiger partial charge in [-0.25, -0.2) is 4.79 Å². The Morgan fingerprint density at radius 3 is 3.00 bits per heavy atom. The monoisotopic (exact) mass is 253 g/mol. The molecule has 0 aliphatic carbocycles. The van der Waals surface area contributed by atoms with Crippen LogP contribution in [0.5, 0.6) is 0 Å². The highest BCUT2D eigenvalue weighted by molar-refractivity contribution is 5.72. The average molecular weight is 253 g/mol. The molecule has 1 saturated heterocycles. The van der Waals surface area contributed by atoms with Gasteiger partial charge in [0.2, 0.25) is 0 Å². The number of rotatable bonds is 5. The molecule has 2 heterocycles. The fourth-order valence-corrected chi connectivity index (χ4v) is 2.12. The molecule has 6 heteroatoms. The van der Waals surface area contributed by atoms with Crippen molar-refractivity contribution < 1.29 is 14.6 Å². The van der Waals surface area contributed by atoms with Crippen LogP contribution in [0.2, 0.25) is 0 Å². The molecule has 0 radical (unpaired) electrons. The van der Waals surface area contributed by atoms with Gasteiger partial charge in [0.05, 0.1) is 12.3 Å². The molecule has 0 bridgehead atoms. The van der Waals surface area contributed by atoms with Gasteiger partial charge in [-0.2, -0.15) is 5.10 Å². The second-order valence-electron chi connectivity index (χ2n) is 4.67. The van der Waals surface area contributed by atoms with E-state index in [9.17, 15) is 4.79 Å². The van der Waals surface area contributed by atoms with Gasteiger partial charge in [0.15, 0.2) is 6.10 Å². The average Bonchev–Trinajstić information content (AvgIpc) is 2.91. The van der Waals surface area contributed by atoms with Gasteiger partial charge in [-0.3, -0.25) is 4.68 Å². The minimum atomic E-state index is -0.861. The number of carbonyl (C=O) groups is 1. The number of aliphatic carboxylic acids is 1. The molecule has 2 rings (SSSR count). The molecule has 1 aliphatic heterocycles. The fourth-order valence-electron chi connectivity index (χ4n) is 2.12. The number of carboxylic acids is 1. The van der Waals surface area contributed by atoms with Gasteiger partial charge >= 0.3 is 5.97 Å². The molecular weight excluding hydrogens is 234 g/mol. The lowest BCUT2D eigenvalue weighted by molar-refractivity contribution is -0.149. The lowest BCUT2D eigenvalue weighted by atomic mass is 10.2. The Morgan fingerprint density at radius 1 is 1.67 bits per heavy atom. The number of aryl methyl sites for hydroxylation is 1. The van der Waals surface area contributed by atoms with Crippen molar-refractivity contribution in [2.45, 2.75) is 38.5 Å². The molecule has 0 amide bonds. The summed E-state index contributed by atoms with van der Waals surface area (Å²) in [4.78, 5) is 10.7. The summed E-state index contributed by atoms with van der Waals surface area (Å²) in [6.45, 7) is 3.44. The van der Waals surface area contributed by atoms with E-state index in [0.717, 1.165) is 24.2 Å². The Bertz CT molecular complexity index is 430. The number of hydrogen-bond donors (Lipinski definition) is 2. The maximum absolute atomic E-state index is 10.7. The van der Waals surface area contributed by atoms with Gasteiger partial charge in [-0.15, -0.1) is 0 Å². The highest BCUT2D eigenvalue weighted by Crippen LogP contribution is 2.19. The summed E-state index contributed by atoms with van der Waals surface area (Å²) in [5.74, 6) is -0.861. The van der Waals surface area contributed by atoms with Crippen LogP contribution in [-0.4, -0.2) is 39.6 Å². The molecule has 1 aromatic rings. The van der Waals surface area contributed by atoms with Crippen LogP contribution >= 0.6 is 0 Å². The van der Waals surface area contributed by atoms with Crippen LogP contribution in [0.3, 0.4) is 0 Å². The Morgan fingerprint density at radius 2 is 2.44 bits per heavy atom. The molecule has 2 N–H and O–H groups in total. The van der Waals surface area contributed by atoms with Crippen LogP contribution in [0, 0.1) is 6.92 Å². The summed E-state index contributed by atoms with van der Waals surface area (Å²) in [6.07, 6.45) is 2.63. The quantitative estimate of drug-likeness (QED) is 0.796. The van der Waals surface area contributed by atoms with Crippen LogP contribution in [0.4, 0.5) is 0 Å². The molecular formula is C12H19N3O3. The Hall–Kier alpha value is -1.40. The van der Waals surface area contributed by atoms with E-state index >= 15 is 0 Å². The van der Waals surface area contributed by atoms with Crippen molar-refractivity contribution in [3.8, 4) is 0 Å². The normalized spacial score (nSPS) is 23.4. The largest absolute Gasteiger partial charge is 0.479 e. The third-order valence-electron chi connectivity index (χ3n) is 3.41. The van der Waals surface area contributed by atoms with Gasteiger partial charge in [-0.1, -0.05) is 0 Å². The molecule has 100 valence electrons. The maximum Gasteiger partial charge on any atom is 0.332 e. The SMILES string of the molecule is Cc1c(CNCC2CCC(C(=O)O)O2)cnn1C. The second kappa shape index (κ2) is 5.49. The van der Waals surface area contributed by atoms with Crippen molar-refractivity contribution >= 4 is 5.97 Å². The minimum Gasteiger partial charge on any atom is -0.479 e. The van der Waals surface area contributed by atoms with Gasteiger partial charge in [0.25, 0.3) is 0 Å². The Balaban J connectivity index is 1.73. The van der Waals surface area contributed by atoms with Crippen molar-refractivity contribution in [1.29, 1.82) is 0 Å². The third kappa shape index (κ3) is 2.88. The van der Waals surface area contributed by atoms with Gasteiger partial charge in [-0.05, 0) is 19.8 Å². The molecule has 0 aromatic carbocycles. The first-order valence-corrected chi connectivity index (χ1v) is 6.14. The molecule has 6 nitrogen and oxygen atoms in total. The van der Waals surface area contributed by atoms with E-state index in [1.807, 2.05) is 24.9 Å². The van der Waals surface area contributed by atoms with E-state index in [-0.39, 0.29) is 6.10 Å². The number of nitrogens with zero attached hydrogens (tertiary/aromatic N) is 2. The summed E-state index contributed by atoms with van der Waals surface area (Å²) in [7, 11) is 1.91. The Kier molecular flexibility index (Phi) is 3.98. The smallest absolute Gasteiger partial charge is 0.332 e. The molecule has 0 spiro atoms. The first kappa shape index (κ1) is 13.0. The van der Waals surface area contributed by atoms with Crippen molar-refractivity contribution in [3.05, 3.63) is 17.5 Å². The zero-order valence-corrected chi connectivity index (χ0v) is 10.7. The van der Waals surface area contributed by atoms with Crippen molar-refractivity contribution in [3.63, 3.8) is 0 Å². The second-order valence-corrected chi connectivity index (χ2v) is 4.67. The molecule has 18 heavy (non-hydrogen) atoms. The number of hydrogen-bond acceptors (Lipinski definition) is 4. The number of ether oxygens (including phenoxy) is 1. The third-order valence-corrected chi connectivity index (χ3v) is 3.41. The summed E-state index contributed by atoms with van der Waals surface area (Å²) in [5, 5.41) is 16.3. The molecule has 2 unspecified atom stereocenters. The lowest BCUT2D eigenvalue weighted by Gasteiger charge is -2.12. The molecule has 1 aromatic heterocycles. The van der Waals surface area contributed by atoms with Gasteiger partial charge in [0.1, 0.15) is 0 Å². The van der Waals surface area contributed by atoms with E-state index in [1.165, 1.54) is 0 Å². The summed E-state index contributed by atoms with van der Waals surface area (Å²) in [6, 6.07) is 0. The van der Waals surface area contributed by atoms with Crippen LogP contribution in [-0.2, 0) is 23.1 Å². The highest BCUT2D eigenvalue weighted by atomic mass is 16.5. The van der Waals surface area contributed by atoms with Gasteiger partial charge < -0.3 is 15.2 Å². The van der Waals surface area contributed by atoms with E-state index in [1.54, 1.807) is 0 Å². The van der Waals surface area contributed by atoms with E-state index in [4.69, 9.17) is 9.84 Å². The predicted octanol–water partition coefficient (Wildman–Crippen LogP) is 0.450. The standard InChI is InChI=1S/C12H19N3O3/c1-8-9(6-14-15(8)2)5-13-7-10-3-4-11(18-10)12(16)17/h6,10-11,13H,3-5,7H2,1-2H3,(H,16,17). The first-order chi connectivity index (χ1) is 8.58. The maximum atomic E-state index is 10.7. The summed E-state index contributed by atoms with van der Waals surface area (Å²) < 4.78 is 7.25. The van der Waals surface area contributed by atoms with E-state index in [2.05, 4.69) is 10.4 Å². The number of carboxylic acid groups (broad SMARTS) is 1. The van der Waals surface area contributed by atoms with Crippen LogP contribution in [0.15, 0.2) is 6.20 Å². The van der Waals surface area contributed by atoms with Crippen LogP contribution in [0.1, 0.15) is 24.1 Å². The predicted molar refractivity (Wildman–Crippen MR) is 65.2 cm³/mol. The molecule has 2 atom stereocenters. The van der Waals surface area contributed by atoms with Gasteiger partial charge in [0, 0.05) is 31.4 Å². The summed E-state index contributed by atoms with van der Waals surface area (Å²) >= 11 is 0. The van der Waals surface area contributed by atoms with Crippen molar-refractivity contribution in [2.75, 3.05) is 6.54 Å². The number of aromatic nitrogens is 2. The van der Waals surface area contributed by atoms with E-state index in [0.29, 0.717) is 13.0 Å². The molecule has 1 aliphatic rings. The molecule has 1 fully saturated rings. The minimum absolute atomic E-state index is 0.00285. The lowest BCUT2D eigenvalue weighted by Crippen LogP contribution is -2.28. The highest BCUT2D eigenvalue weighted by Gasteiger charge is 2.29.